The molecule has 0 aromatic heterocycles. The molecule has 1 aliphatic carbocycles. The fourth-order valence-electron chi connectivity index (χ4n) is 2.97. The Morgan fingerprint density at radius 1 is 1.29 bits per heavy atom. The number of rotatable bonds is 6. The van der Waals surface area contributed by atoms with Gasteiger partial charge in [0.25, 0.3) is 0 Å². The number of ether oxygens (including phenoxy) is 2. The van der Waals surface area contributed by atoms with Crippen LogP contribution in [0.3, 0.4) is 0 Å². The van der Waals surface area contributed by atoms with E-state index < -0.39 is 12.0 Å². The van der Waals surface area contributed by atoms with Crippen LogP contribution in [0.2, 0.25) is 0 Å². The molecule has 0 aromatic rings. The number of carboxylic acid groups (broad SMARTS) is 1. The molecule has 2 fully saturated rings. The Balaban J connectivity index is 1.72. The molecule has 0 aromatic carbocycles. The summed E-state index contributed by atoms with van der Waals surface area (Å²) in [5, 5.41) is 11.9. The average molecular weight is 300 g/mol. The third-order valence-electron chi connectivity index (χ3n) is 4.18. The molecule has 0 spiro atoms. The first-order valence-electron chi connectivity index (χ1n) is 7.53. The summed E-state index contributed by atoms with van der Waals surface area (Å²) < 4.78 is 10.8. The first kappa shape index (κ1) is 16.0. The number of nitrogens with one attached hydrogen (secondary N) is 1. The van der Waals surface area contributed by atoms with Crippen LogP contribution in [-0.4, -0.2) is 67.1 Å². The highest BCUT2D eigenvalue weighted by Crippen LogP contribution is 2.21. The van der Waals surface area contributed by atoms with E-state index in [4.69, 9.17) is 14.6 Å². The minimum Gasteiger partial charge on any atom is -0.480 e. The molecule has 21 heavy (non-hydrogen) atoms. The zero-order valence-corrected chi connectivity index (χ0v) is 12.4. The number of carbonyl (C=O) groups is 2. The first-order valence-corrected chi connectivity index (χ1v) is 7.53. The Kier molecular flexibility index (Phi) is 5.81. The van der Waals surface area contributed by atoms with Crippen molar-refractivity contribution >= 4 is 12.0 Å². The van der Waals surface area contributed by atoms with Gasteiger partial charge in [-0.3, -0.25) is 0 Å². The maximum Gasteiger partial charge on any atom is 0.326 e. The van der Waals surface area contributed by atoms with Crippen LogP contribution in [0.25, 0.3) is 0 Å². The molecule has 1 heterocycles. The number of carboxylic acids is 1. The number of hydrogen-bond donors (Lipinski definition) is 2. The summed E-state index contributed by atoms with van der Waals surface area (Å²) in [7, 11) is 1.53. The molecular weight excluding hydrogens is 276 g/mol. The second-order valence-corrected chi connectivity index (χ2v) is 5.61. The van der Waals surface area contributed by atoms with Gasteiger partial charge in [-0.1, -0.05) is 12.8 Å². The van der Waals surface area contributed by atoms with Gasteiger partial charge in [0, 0.05) is 26.6 Å². The SMILES string of the molecule is COC1CC(C(=O)O)N(C(=O)NCCOC2CCCC2)C1. The van der Waals surface area contributed by atoms with Crippen molar-refractivity contribution in [3.63, 3.8) is 0 Å². The van der Waals surface area contributed by atoms with Crippen molar-refractivity contribution in [2.24, 2.45) is 0 Å². The van der Waals surface area contributed by atoms with Gasteiger partial charge in [-0.05, 0) is 12.8 Å². The summed E-state index contributed by atoms with van der Waals surface area (Å²) in [5.74, 6) is -0.994. The highest BCUT2D eigenvalue weighted by atomic mass is 16.5. The van der Waals surface area contributed by atoms with Gasteiger partial charge < -0.3 is 24.8 Å². The van der Waals surface area contributed by atoms with Crippen molar-refractivity contribution in [2.75, 3.05) is 26.8 Å². The maximum absolute atomic E-state index is 12.1. The van der Waals surface area contributed by atoms with Crippen molar-refractivity contribution in [1.29, 1.82) is 0 Å². The normalized spacial score (nSPS) is 26.2. The molecule has 1 saturated heterocycles. The van der Waals surface area contributed by atoms with Gasteiger partial charge in [0.1, 0.15) is 6.04 Å². The molecule has 0 bridgehead atoms. The van der Waals surface area contributed by atoms with Gasteiger partial charge in [-0.15, -0.1) is 0 Å². The Labute approximate surface area is 124 Å². The van der Waals surface area contributed by atoms with Crippen LogP contribution in [0.4, 0.5) is 4.79 Å². The lowest BCUT2D eigenvalue weighted by Gasteiger charge is -2.22. The summed E-state index contributed by atoms with van der Waals surface area (Å²) in [4.78, 5) is 24.6. The van der Waals surface area contributed by atoms with Crippen LogP contribution in [0.5, 0.6) is 0 Å². The summed E-state index contributed by atoms with van der Waals surface area (Å²) in [6.07, 6.45) is 5.04. The second kappa shape index (κ2) is 7.61. The number of nitrogens with zero attached hydrogens (tertiary/aromatic N) is 1. The molecule has 120 valence electrons. The van der Waals surface area contributed by atoms with E-state index in [2.05, 4.69) is 5.32 Å². The first-order chi connectivity index (χ1) is 10.1. The van der Waals surface area contributed by atoms with Crippen LogP contribution >= 0.6 is 0 Å². The monoisotopic (exact) mass is 300 g/mol. The highest BCUT2D eigenvalue weighted by Gasteiger charge is 2.39. The van der Waals surface area contributed by atoms with Crippen LogP contribution in [0.15, 0.2) is 0 Å². The number of carbonyl (C=O) groups excluding carboxylic acids is 1. The Morgan fingerprint density at radius 3 is 2.62 bits per heavy atom. The van der Waals surface area contributed by atoms with E-state index in [1.165, 1.54) is 24.9 Å². The average Bonchev–Trinajstić information content (AvgIpc) is 3.12. The number of urea groups is 1. The molecule has 1 saturated carbocycles. The predicted molar refractivity (Wildman–Crippen MR) is 75.2 cm³/mol. The van der Waals surface area contributed by atoms with Crippen LogP contribution in [0.1, 0.15) is 32.1 Å². The van der Waals surface area contributed by atoms with E-state index in [0.29, 0.717) is 32.2 Å². The Morgan fingerprint density at radius 2 is 2.00 bits per heavy atom. The van der Waals surface area contributed by atoms with Gasteiger partial charge >= 0.3 is 12.0 Å². The molecule has 1 aliphatic heterocycles. The lowest BCUT2D eigenvalue weighted by atomic mass is 10.2. The minimum absolute atomic E-state index is 0.216. The van der Waals surface area contributed by atoms with E-state index >= 15 is 0 Å². The molecule has 2 aliphatic rings. The molecule has 2 N–H and O–H groups in total. The number of methoxy groups -OCH3 is 1. The van der Waals surface area contributed by atoms with Crippen LogP contribution in [-0.2, 0) is 14.3 Å². The highest BCUT2D eigenvalue weighted by molar-refractivity contribution is 5.83. The van der Waals surface area contributed by atoms with Crippen molar-refractivity contribution in [2.45, 2.75) is 50.4 Å². The summed E-state index contributed by atoms with van der Waals surface area (Å²) in [6, 6.07) is -1.18. The van der Waals surface area contributed by atoms with E-state index in [-0.39, 0.29) is 12.1 Å². The van der Waals surface area contributed by atoms with E-state index in [1.807, 2.05) is 0 Å². The quantitative estimate of drug-likeness (QED) is 0.709. The van der Waals surface area contributed by atoms with Gasteiger partial charge in [0.05, 0.1) is 18.8 Å². The van der Waals surface area contributed by atoms with Crippen molar-refractivity contribution < 1.29 is 24.2 Å². The number of aliphatic carboxylic acids is 1. The van der Waals surface area contributed by atoms with Gasteiger partial charge in [0.15, 0.2) is 0 Å². The molecule has 7 nitrogen and oxygen atoms in total. The molecule has 2 amide bonds. The molecule has 2 rings (SSSR count). The van der Waals surface area contributed by atoms with Gasteiger partial charge in [-0.25, -0.2) is 9.59 Å². The Hall–Kier alpha value is -1.34. The minimum atomic E-state index is -0.994. The van der Waals surface area contributed by atoms with E-state index in [1.54, 1.807) is 0 Å². The zero-order chi connectivity index (χ0) is 15.2. The van der Waals surface area contributed by atoms with Gasteiger partial charge in [-0.2, -0.15) is 0 Å². The summed E-state index contributed by atoms with van der Waals surface area (Å²) in [5.41, 5.74) is 0. The maximum atomic E-state index is 12.1. The number of likely N-dealkylation sites (tertiary alicyclic amines) is 1. The third kappa shape index (κ3) is 4.31. The van der Waals surface area contributed by atoms with Gasteiger partial charge in [0.2, 0.25) is 0 Å². The molecule has 2 atom stereocenters. The van der Waals surface area contributed by atoms with E-state index in [9.17, 15) is 9.59 Å². The van der Waals surface area contributed by atoms with Crippen molar-refractivity contribution in [3.05, 3.63) is 0 Å². The predicted octanol–water partition coefficient (Wildman–Crippen LogP) is 0.829. The smallest absolute Gasteiger partial charge is 0.326 e. The van der Waals surface area contributed by atoms with Crippen molar-refractivity contribution in [1.82, 2.24) is 10.2 Å². The van der Waals surface area contributed by atoms with E-state index in [0.717, 1.165) is 12.8 Å². The number of amides is 2. The summed E-state index contributed by atoms with van der Waals surface area (Å²) in [6.45, 7) is 1.17. The second-order valence-electron chi connectivity index (χ2n) is 5.61. The molecule has 0 radical (unpaired) electrons. The molecule has 7 heteroatoms. The van der Waals surface area contributed by atoms with Crippen LogP contribution in [0, 0.1) is 0 Å². The fraction of sp³-hybridized carbons (Fsp3) is 0.857. The summed E-state index contributed by atoms with van der Waals surface area (Å²) >= 11 is 0. The topological polar surface area (TPSA) is 88.1 Å². The largest absolute Gasteiger partial charge is 0.480 e. The van der Waals surface area contributed by atoms with Crippen molar-refractivity contribution in [3.8, 4) is 0 Å². The number of hydrogen-bond acceptors (Lipinski definition) is 4. The lowest BCUT2D eigenvalue weighted by molar-refractivity contribution is -0.141. The third-order valence-corrected chi connectivity index (χ3v) is 4.18. The standard InChI is InChI=1S/C14H24N2O5/c1-20-11-8-12(13(17)18)16(9-11)14(19)15-6-7-21-10-4-2-3-5-10/h10-12H,2-9H2,1H3,(H,15,19)(H,17,18). The van der Waals surface area contributed by atoms with Crippen LogP contribution < -0.4 is 5.32 Å². The lowest BCUT2D eigenvalue weighted by Crippen LogP contribution is -2.47. The Bertz CT molecular complexity index is 370. The molecular formula is C14H24N2O5. The fourth-order valence-corrected chi connectivity index (χ4v) is 2.97. The molecule has 2 unspecified atom stereocenters. The zero-order valence-electron chi connectivity index (χ0n) is 12.4.